The Hall–Kier alpha value is -1.52. The fourth-order valence-electron chi connectivity index (χ4n) is 0.818. The fraction of sp³-hybridized carbons (Fsp3) is 0.429. The van der Waals surface area contributed by atoms with Gasteiger partial charge in [0.2, 0.25) is 17.5 Å². The largest absolute Gasteiger partial charge is 0.445 e. The van der Waals surface area contributed by atoms with Crippen LogP contribution in [0.5, 0.6) is 0 Å². The van der Waals surface area contributed by atoms with Crippen molar-refractivity contribution in [1.29, 1.82) is 0 Å². The van der Waals surface area contributed by atoms with E-state index in [2.05, 4.69) is 0 Å². The van der Waals surface area contributed by atoms with Gasteiger partial charge < -0.3 is 15.2 Å². The number of carbonyl (C=O) groups is 2. The summed E-state index contributed by atoms with van der Waals surface area (Å²) in [6, 6.07) is 0. The molecule has 12 heavy (non-hydrogen) atoms. The van der Waals surface area contributed by atoms with E-state index in [1.807, 2.05) is 0 Å². The number of rotatable bonds is 1. The molecule has 1 saturated heterocycles. The normalized spacial score (nSPS) is 23.5. The molecule has 66 valence electrons. The van der Waals surface area contributed by atoms with Crippen LogP contribution in [0.15, 0.2) is 11.8 Å². The summed E-state index contributed by atoms with van der Waals surface area (Å²) in [4.78, 5) is 21.3. The van der Waals surface area contributed by atoms with Crippen molar-refractivity contribution in [3.8, 4) is 0 Å². The first-order valence-corrected chi connectivity index (χ1v) is 3.34. The molecule has 0 bridgehead atoms. The molecule has 1 aliphatic rings. The average Bonchev–Trinajstić information content (AvgIpc) is 2.03. The summed E-state index contributed by atoms with van der Waals surface area (Å²) in [6.07, 6.45) is 0.900. The molecule has 1 heterocycles. The van der Waals surface area contributed by atoms with Crippen molar-refractivity contribution >= 4 is 11.9 Å². The van der Waals surface area contributed by atoms with Gasteiger partial charge in [0.15, 0.2) is 0 Å². The Morgan fingerprint density at radius 3 is 2.42 bits per heavy atom. The van der Waals surface area contributed by atoms with Gasteiger partial charge in [0, 0.05) is 13.8 Å². The molecule has 2 N–H and O–H groups in total. The van der Waals surface area contributed by atoms with Crippen LogP contribution in [0.2, 0.25) is 0 Å². The second kappa shape index (κ2) is 2.51. The van der Waals surface area contributed by atoms with Gasteiger partial charge in [-0.25, -0.2) is 4.79 Å². The van der Waals surface area contributed by atoms with Crippen molar-refractivity contribution in [2.24, 2.45) is 5.73 Å². The SMILES string of the molecule is CC1(C)OC(=O)C(=CC(N)=O)O1. The lowest BCUT2D eigenvalue weighted by Gasteiger charge is -2.13. The van der Waals surface area contributed by atoms with Crippen molar-refractivity contribution in [3.05, 3.63) is 11.8 Å². The third kappa shape index (κ3) is 1.75. The van der Waals surface area contributed by atoms with E-state index in [4.69, 9.17) is 15.2 Å². The van der Waals surface area contributed by atoms with E-state index >= 15 is 0 Å². The number of primary amides is 1. The molecule has 0 radical (unpaired) electrons. The van der Waals surface area contributed by atoms with E-state index in [0.29, 0.717) is 0 Å². The van der Waals surface area contributed by atoms with Gasteiger partial charge in [0.25, 0.3) is 0 Å². The lowest BCUT2D eigenvalue weighted by molar-refractivity contribution is -0.159. The van der Waals surface area contributed by atoms with Crippen LogP contribution in [0, 0.1) is 0 Å². The van der Waals surface area contributed by atoms with Crippen LogP contribution in [0.25, 0.3) is 0 Å². The summed E-state index contributed by atoms with van der Waals surface area (Å²) < 4.78 is 9.69. The lowest BCUT2D eigenvalue weighted by Crippen LogP contribution is -2.19. The Bertz CT molecular complexity index is 267. The minimum atomic E-state index is -1.00. The standard InChI is InChI=1S/C7H9NO4/c1-7(2)11-4(3-5(8)9)6(10)12-7/h3H,1-2H3,(H2,8,9). The smallest absolute Gasteiger partial charge is 0.377 e. The fourth-order valence-corrected chi connectivity index (χ4v) is 0.818. The Morgan fingerprint density at radius 1 is 1.50 bits per heavy atom. The Labute approximate surface area is 69.1 Å². The van der Waals surface area contributed by atoms with Crippen LogP contribution in [-0.2, 0) is 19.1 Å². The van der Waals surface area contributed by atoms with Crippen molar-refractivity contribution in [2.45, 2.75) is 19.6 Å². The zero-order valence-electron chi connectivity index (χ0n) is 6.79. The maximum Gasteiger partial charge on any atom is 0.377 e. The number of carbonyl (C=O) groups excluding carboxylic acids is 2. The summed E-state index contributed by atoms with van der Waals surface area (Å²) in [5, 5.41) is 0. The third-order valence-electron chi connectivity index (χ3n) is 1.17. The van der Waals surface area contributed by atoms with Gasteiger partial charge in [0.1, 0.15) is 0 Å². The predicted octanol–water partition coefficient (Wildman–Crippen LogP) is -0.335. The maximum absolute atomic E-state index is 10.9. The van der Waals surface area contributed by atoms with E-state index in [0.717, 1.165) is 6.08 Å². The molecule has 0 aromatic carbocycles. The van der Waals surface area contributed by atoms with Gasteiger partial charge in [0.05, 0.1) is 6.08 Å². The van der Waals surface area contributed by atoms with E-state index in [9.17, 15) is 9.59 Å². The number of hydrogen-bond acceptors (Lipinski definition) is 4. The molecular formula is C7H9NO4. The lowest BCUT2D eigenvalue weighted by atomic mass is 10.4. The first-order valence-electron chi connectivity index (χ1n) is 3.34. The zero-order valence-corrected chi connectivity index (χ0v) is 6.79. The van der Waals surface area contributed by atoms with Crippen molar-refractivity contribution in [1.82, 2.24) is 0 Å². The van der Waals surface area contributed by atoms with E-state index in [1.54, 1.807) is 13.8 Å². The number of nitrogens with two attached hydrogens (primary N) is 1. The molecule has 0 unspecified atom stereocenters. The van der Waals surface area contributed by atoms with E-state index < -0.39 is 17.7 Å². The predicted molar refractivity (Wildman–Crippen MR) is 38.5 cm³/mol. The minimum absolute atomic E-state index is 0.146. The molecule has 1 rings (SSSR count). The molecule has 0 aromatic rings. The van der Waals surface area contributed by atoms with Crippen LogP contribution >= 0.6 is 0 Å². The van der Waals surface area contributed by atoms with Crippen LogP contribution in [0.1, 0.15) is 13.8 Å². The first kappa shape index (κ1) is 8.58. The molecule has 5 heteroatoms. The quantitative estimate of drug-likeness (QED) is 0.432. The van der Waals surface area contributed by atoms with E-state index in [-0.39, 0.29) is 5.76 Å². The molecule has 0 atom stereocenters. The Balaban J connectivity index is 2.84. The van der Waals surface area contributed by atoms with Crippen LogP contribution < -0.4 is 5.73 Å². The van der Waals surface area contributed by atoms with Gasteiger partial charge in [-0.3, -0.25) is 4.79 Å². The van der Waals surface area contributed by atoms with Gasteiger partial charge in [-0.05, 0) is 0 Å². The molecular weight excluding hydrogens is 162 g/mol. The van der Waals surface area contributed by atoms with Crippen LogP contribution in [0.3, 0.4) is 0 Å². The monoisotopic (exact) mass is 171 g/mol. The highest BCUT2D eigenvalue weighted by Crippen LogP contribution is 2.25. The Kier molecular flexibility index (Phi) is 1.79. The molecule has 0 aromatic heterocycles. The van der Waals surface area contributed by atoms with Gasteiger partial charge in [-0.1, -0.05) is 0 Å². The van der Waals surface area contributed by atoms with E-state index in [1.165, 1.54) is 0 Å². The number of esters is 1. The second-order valence-electron chi connectivity index (χ2n) is 2.80. The topological polar surface area (TPSA) is 78.6 Å². The molecule has 0 aliphatic carbocycles. The molecule has 1 aliphatic heterocycles. The highest BCUT2D eigenvalue weighted by molar-refractivity contribution is 5.97. The molecule has 0 spiro atoms. The maximum atomic E-state index is 10.9. The van der Waals surface area contributed by atoms with Crippen LogP contribution in [0.4, 0.5) is 0 Å². The van der Waals surface area contributed by atoms with Crippen molar-refractivity contribution in [3.63, 3.8) is 0 Å². The Morgan fingerprint density at radius 2 is 2.08 bits per heavy atom. The number of ether oxygens (including phenoxy) is 2. The summed E-state index contributed by atoms with van der Waals surface area (Å²) in [5.41, 5.74) is 4.82. The van der Waals surface area contributed by atoms with Gasteiger partial charge >= 0.3 is 5.97 Å². The minimum Gasteiger partial charge on any atom is -0.445 e. The summed E-state index contributed by atoms with van der Waals surface area (Å²) in [6.45, 7) is 3.12. The molecule has 0 saturated carbocycles. The second-order valence-corrected chi connectivity index (χ2v) is 2.80. The number of amides is 1. The van der Waals surface area contributed by atoms with Gasteiger partial charge in [-0.2, -0.15) is 0 Å². The number of hydrogen-bond donors (Lipinski definition) is 1. The molecule has 1 fully saturated rings. The molecule has 1 amide bonds. The summed E-state index contributed by atoms with van der Waals surface area (Å²) in [7, 11) is 0. The summed E-state index contributed by atoms with van der Waals surface area (Å²) >= 11 is 0. The number of cyclic esters (lactones) is 1. The van der Waals surface area contributed by atoms with Crippen molar-refractivity contribution in [2.75, 3.05) is 0 Å². The highest BCUT2D eigenvalue weighted by atomic mass is 16.8. The molecule has 5 nitrogen and oxygen atoms in total. The zero-order chi connectivity index (χ0) is 9.35. The average molecular weight is 171 g/mol. The van der Waals surface area contributed by atoms with Crippen molar-refractivity contribution < 1.29 is 19.1 Å². The summed E-state index contributed by atoms with van der Waals surface area (Å²) in [5.74, 6) is -2.55. The van der Waals surface area contributed by atoms with Crippen LogP contribution in [-0.4, -0.2) is 17.7 Å². The van der Waals surface area contributed by atoms with Gasteiger partial charge in [-0.15, -0.1) is 0 Å². The first-order chi connectivity index (χ1) is 5.41. The highest BCUT2D eigenvalue weighted by Gasteiger charge is 2.37. The third-order valence-corrected chi connectivity index (χ3v) is 1.17.